The first-order valence-corrected chi connectivity index (χ1v) is 7.87. The minimum atomic E-state index is -0.151. The van der Waals surface area contributed by atoms with E-state index in [9.17, 15) is 4.79 Å². The van der Waals surface area contributed by atoms with Crippen molar-refractivity contribution in [2.45, 2.75) is 39.7 Å². The van der Waals surface area contributed by atoms with Crippen molar-refractivity contribution in [3.63, 3.8) is 0 Å². The first-order valence-electron chi connectivity index (χ1n) is 6.99. The predicted molar refractivity (Wildman–Crippen MR) is 85.4 cm³/mol. The van der Waals surface area contributed by atoms with E-state index in [1.165, 1.54) is 0 Å². The zero-order valence-electron chi connectivity index (χ0n) is 12.5. The van der Waals surface area contributed by atoms with Crippen molar-refractivity contribution in [2.75, 3.05) is 5.73 Å². The lowest BCUT2D eigenvalue weighted by Crippen LogP contribution is -2.27. The molecule has 0 bridgehead atoms. The monoisotopic (exact) mass is 304 g/mol. The van der Waals surface area contributed by atoms with Gasteiger partial charge in [0.05, 0.1) is 6.04 Å². The van der Waals surface area contributed by atoms with Crippen LogP contribution >= 0.6 is 11.3 Å². The topological polar surface area (TPSA) is 80.9 Å². The normalized spacial score (nSPS) is 12.1. The molecule has 2 heterocycles. The van der Waals surface area contributed by atoms with E-state index in [-0.39, 0.29) is 11.9 Å². The van der Waals surface area contributed by atoms with Gasteiger partial charge in [0.25, 0.3) is 5.91 Å². The molecule has 0 aliphatic heterocycles. The molecule has 0 aliphatic rings. The van der Waals surface area contributed by atoms with Crippen LogP contribution in [0.5, 0.6) is 0 Å². The number of rotatable bonds is 5. The third-order valence-electron chi connectivity index (χ3n) is 3.02. The molecule has 21 heavy (non-hydrogen) atoms. The average molecular weight is 304 g/mol. The van der Waals surface area contributed by atoms with Crippen LogP contribution in [0.25, 0.3) is 0 Å². The molecule has 0 fully saturated rings. The van der Waals surface area contributed by atoms with Gasteiger partial charge in [-0.25, -0.2) is 9.97 Å². The van der Waals surface area contributed by atoms with Crippen LogP contribution < -0.4 is 11.1 Å². The van der Waals surface area contributed by atoms with Crippen LogP contribution in [0.4, 0.5) is 5.82 Å². The van der Waals surface area contributed by atoms with Gasteiger partial charge < -0.3 is 11.1 Å². The van der Waals surface area contributed by atoms with E-state index in [2.05, 4.69) is 22.2 Å². The summed E-state index contributed by atoms with van der Waals surface area (Å²) < 4.78 is 0. The molecule has 0 saturated carbocycles. The van der Waals surface area contributed by atoms with Gasteiger partial charge in [0, 0.05) is 22.3 Å². The lowest BCUT2D eigenvalue weighted by atomic mass is 10.1. The number of anilines is 1. The molecule has 5 nitrogen and oxygen atoms in total. The van der Waals surface area contributed by atoms with Crippen LogP contribution in [0.15, 0.2) is 17.5 Å². The zero-order valence-corrected chi connectivity index (χ0v) is 13.3. The van der Waals surface area contributed by atoms with Gasteiger partial charge in [-0.2, -0.15) is 0 Å². The quantitative estimate of drug-likeness (QED) is 0.890. The number of hydrogen-bond donors (Lipinski definition) is 2. The molecule has 0 saturated heterocycles. The highest BCUT2D eigenvalue weighted by atomic mass is 32.1. The Morgan fingerprint density at radius 2 is 2.19 bits per heavy atom. The number of nitrogen functional groups attached to an aromatic ring is 1. The largest absolute Gasteiger partial charge is 0.384 e. The molecule has 1 atom stereocenters. The Bertz CT molecular complexity index is 638. The van der Waals surface area contributed by atoms with Crippen LogP contribution in [0, 0.1) is 6.92 Å². The predicted octanol–water partition coefficient (Wildman–Crippen LogP) is 2.87. The van der Waals surface area contributed by atoms with Gasteiger partial charge in [-0.15, -0.1) is 11.3 Å². The van der Waals surface area contributed by atoms with Crippen molar-refractivity contribution >= 4 is 23.1 Å². The van der Waals surface area contributed by atoms with E-state index in [1.54, 1.807) is 23.5 Å². The molecule has 1 unspecified atom stereocenters. The number of aryl methyl sites for hydroxylation is 2. The van der Waals surface area contributed by atoms with Gasteiger partial charge >= 0.3 is 0 Å². The van der Waals surface area contributed by atoms with Crippen molar-refractivity contribution in [2.24, 2.45) is 0 Å². The summed E-state index contributed by atoms with van der Waals surface area (Å²) in [6.07, 6.45) is 1.78. The number of nitrogens with two attached hydrogens (primary N) is 1. The molecule has 0 radical (unpaired) electrons. The molecule has 2 rings (SSSR count). The molecule has 2 aromatic heterocycles. The van der Waals surface area contributed by atoms with E-state index < -0.39 is 0 Å². The van der Waals surface area contributed by atoms with E-state index in [4.69, 9.17) is 5.73 Å². The second-order valence-electron chi connectivity index (χ2n) is 5.04. The summed E-state index contributed by atoms with van der Waals surface area (Å²) in [5.41, 5.74) is 8.13. The maximum Gasteiger partial charge on any atom is 0.252 e. The minimum Gasteiger partial charge on any atom is -0.384 e. The van der Waals surface area contributed by atoms with E-state index in [1.807, 2.05) is 19.2 Å². The maximum absolute atomic E-state index is 12.3. The minimum absolute atomic E-state index is 0.125. The van der Waals surface area contributed by atoms with Crippen molar-refractivity contribution in [1.82, 2.24) is 15.3 Å². The highest BCUT2D eigenvalue weighted by Crippen LogP contribution is 2.18. The smallest absolute Gasteiger partial charge is 0.252 e. The van der Waals surface area contributed by atoms with Gasteiger partial charge in [-0.05, 0) is 32.4 Å². The van der Waals surface area contributed by atoms with Crippen LogP contribution in [-0.2, 0) is 6.42 Å². The number of thiazole rings is 1. The van der Waals surface area contributed by atoms with Crippen molar-refractivity contribution in [3.05, 3.63) is 39.5 Å². The first-order chi connectivity index (χ1) is 9.99. The Hall–Kier alpha value is -1.95. The van der Waals surface area contributed by atoms with E-state index >= 15 is 0 Å². The number of nitrogens with zero attached hydrogens (tertiary/aromatic N) is 2. The lowest BCUT2D eigenvalue weighted by Gasteiger charge is -2.12. The van der Waals surface area contributed by atoms with Crippen molar-refractivity contribution in [1.29, 1.82) is 0 Å². The molecule has 1 amide bonds. The zero-order chi connectivity index (χ0) is 15.4. The maximum atomic E-state index is 12.3. The Kier molecular flexibility index (Phi) is 4.90. The molecule has 6 heteroatoms. The third-order valence-corrected chi connectivity index (χ3v) is 4.17. The second kappa shape index (κ2) is 6.67. The third kappa shape index (κ3) is 4.01. The van der Waals surface area contributed by atoms with Crippen molar-refractivity contribution in [3.8, 4) is 0 Å². The summed E-state index contributed by atoms with van der Waals surface area (Å²) in [4.78, 5) is 20.9. The molecule has 2 aromatic rings. The van der Waals surface area contributed by atoms with Crippen LogP contribution in [0.3, 0.4) is 0 Å². The summed E-state index contributed by atoms with van der Waals surface area (Å²) in [5.74, 6) is 0.227. The fraction of sp³-hybridized carbons (Fsp3) is 0.400. The van der Waals surface area contributed by atoms with E-state index in [0.29, 0.717) is 11.4 Å². The Balaban J connectivity index is 2.12. The van der Waals surface area contributed by atoms with Gasteiger partial charge in [0.2, 0.25) is 0 Å². The summed E-state index contributed by atoms with van der Waals surface area (Å²) in [6.45, 7) is 5.93. The molecular weight excluding hydrogens is 284 g/mol. The van der Waals surface area contributed by atoms with Crippen LogP contribution in [0.2, 0.25) is 0 Å². The lowest BCUT2D eigenvalue weighted by molar-refractivity contribution is 0.0939. The first kappa shape index (κ1) is 15.4. The molecule has 0 spiro atoms. The fourth-order valence-electron chi connectivity index (χ4n) is 2.04. The second-order valence-corrected chi connectivity index (χ2v) is 5.93. The van der Waals surface area contributed by atoms with Gasteiger partial charge in [-0.1, -0.05) is 13.3 Å². The number of nitrogens with one attached hydrogen (secondary N) is 1. The van der Waals surface area contributed by atoms with Crippen molar-refractivity contribution < 1.29 is 4.79 Å². The molecule has 0 aromatic carbocycles. The summed E-state index contributed by atoms with van der Waals surface area (Å²) >= 11 is 1.55. The Labute approximate surface area is 128 Å². The number of carbonyl (C=O) groups is 1. The molecule has 3 N–H and O–H groups in total. The average Bonchev–Trinajstić information content (AvgIpc) is 2.85. The highest BCUT2D eigenvalue weighted by Gasteiger charge is 2.15. The molecular formula is C15H20N4OS. The SMILES string of the molecule is CCCc1cc(C(=O)NC(C)c2nc(C)cs2)cc(N)n1. The Morgan fingerprint density at radius 1 is 1.43 bits per heavy atom. The number of aromatic nitrogens is 2. The molecule has 0 aliphatic carbocycles. The van der Waals surface area contributed by atoms with Gasteiger partial charge in [0.15, 0.2) is 0 Å². The number of amides is 1. The summed E-state index contributed by atoms with van der Waals surface area (Å²) in [5, 5.41) is 5.82. The van der Waals surface area contributed by atoms with Gasteiger partial charge in [0.1, 0.15) is 10.8 Å². The summed E-state index contributed by atoms with van der Waals surface area (Å²) in [6, 6.07) is 3.28. The number of carbonyl (C=O) groups excluding carboxylic acids is 1. The highest BCUT2D eigenvalue weighted by molar-refractivity contribution is 7.09. The van der Waals surface area contributed by atoms with Gasteiger partial charge in [-0.3, -0.25) is 4.79 Å². The van der Waals surface area contributed by atoms with E-state index in [0.717, 1.165) is 29.2 Å². The Morgan fingerprint density at radius 3 is 2.81 bits per heavy atom. The number of hydrogen-bond acceptors (Lipinski definition) is 5. The number of pyridine rings is 1. The molecule has 112 valence electrons. The summed E-state index contributed by atoms with van der Waals surface area (Å²) in [7, 11) is 0. The standard InChI is InChI=1S/C15H20N4OS/c1-4-5-12-6-11(7-13(16)19-12)14(20)18-10(3)15-17-9(2)8-21-15/h6-8,10H,4-5H2,1-3H3,(H2,16,19)(H,18,20). The van der Waals surface area contributed by atoms with Crippen LogP contribution in [-0.4, -0.2) is 15.9 Å². The van der Waals surface area contributed by atoms with Crippen LogP contribution in [0.1, 0.15) is 53.1 Å². The fourth-order valence-corrected chi connectivity index (χ4v) is 2.84.